The van der Waals surface area contributed by atoms with Crippen molar-refractivity contribution in [2.45, 2.75) is 52.1 Å². The first-order valence-corrected chi connectivity index (χ1v) is 5.09. The summed E-state index contributed by atoms with van der Waals surface area (Å²) < 4.78 is 0. The van der Waals surface area contributed by atoms with Gasteiger partial charge in [0.05, 0.1) is 0 Å². The molecule has 1 aliphatic rings. The van der Waals surface area contributed by atoms with E-state index in [0.29, 0.717) is 19.3 Å². The van der Waals surface area contributed by atoms with Crippen LogP contribution in [0.5, 0.6) is 0 Å². The van der Waals surface area contributed by atoms with Gasteiger partial charge in [-0.3, -0.25) is 20.2 Å². The van der Waals surface area contributed by atoms with Crippen LogP contribution in [0.4, 0.5) is 4.79 Å². The molecule has 1 rings (SSSR count). The third-order valence-electron chi connectivity index (χ3n) is 2.63. The lowest BCUT2D eigenvalue weighted by molar-refractivity contribution is -0.561. The zero-order valence-corrected chi connectivity index (χ0v) is 9.28. The van der Waals surface area contributed by atoms with Crippen LogP contribution >= 0.6 is 0 Å². The molecule has 3 amide bonds. The van der Waals surface area contributed by atoms with Gasteiger partial charge < -0.3 is 5.32 Å². The van der Waals surface area contributed by atoms with Crippen molar-refractivity contribution < 1.29 is 14.5 Å². The van der Waals surface area contributed by atoms with Gasteiger partial charge in [0.2, 0.25) is 5.54 Å². The summed E-state index contributed by atoms with van der Waals surface area (Å²) in [6, 6.07) is -1.04. The quantitative estimate of drug-likeness (QED) is 0.429. The molecule has 0 aromatic carbocycles. The minimum atomic E-state index is -0.987. The van der Waals surface area contributed by atoms with Gasteiger partial charge >= 0.3 is 6.03 Å². The number of carbonyl (C=O) groups is 2. The number of hydrogen-bond acceptors (Lipinski definition) is 4. The van der Waals surface area contributed by atoms with Crippen molar-refractivity contribution in [1.82, 2.24) is 10.6 Å². The Morgan fingerprint density at radius 3 is 2.41 bits per heavy atom. The largest absolute Gasteiger partial charge is 0.326 e. The first-order chi connectivity index (χ1) is 7.33. The number of hydrogen-bond donors (Lipinski definition) is 2. The number of nitrogens with zero attached hydrogens (tertiary/aromatic N) is 1. The molecule has 17 heavy (non-hydrogen) atoms. The van der Waals surface area contributed by atoms with Crippen LogP contribution in [0.2, 0.25) is 0 Å². The molecule has 1 unspecified atom stereocenters. The Labute approximate surface area is 100 Å². The maximum atomic E-state index is 11.1. The lowest BCUT2D eigenvalue weighted by Gasteiger charge is -2.15. The highest BCUT2D eigenvalue weighted by Gasteiger charge is 2.33. The predicted molar refractivity (Wildman–Crippen MR) is 62.1 cm³/mol. The van der Waals surface area contributed by atoms with Crippen molar-refractivity contribution >= 4 is 11.9 Å². The molecule has 0 radical (unpaired) electrons. The molecule has 0 saturated carbocycles. The highest BCUT2D eigenvalue weighted by molar-refractivity contribution is 6.04. The fourth-order valence-electron chi connectivity index (χ4n) is 1.49. The van der Waals surface area contributed by atoms with E-state index in [4.69, 9.17) is 0 Å². The number of amides is 3. The fourth-order valence-corrected chi connectivity index (χ4v) is 1.49. The number of imide groups is 1. The third kappa shape index (κ3) is 4.01. The molecule has 1 fully saturated rings. The fraction of sp³-hybridized carbons (Fsp3) is 0.800. The van der Waals surface area contributed by atoms with Crippen molar-refractivity contribution in [2.24, 2.45) is 0 Å². The van der Waals surface area contributed by atoms with E-state index in [9.17, 15) is 19.7 Å². The van der Waals surface area contributed by atoms with E-state index in [1.807, 2.05) is 0 Å². The first kappa shape index (κ1) is 15.3. The van der Waals surface area contributed by atoms with Crippen LogP contribution in [-0.4, -0.2) is 28.4 Å². The van der Waals surface area contributed by atoms with Crippen molar-refractivity contribution in [3.8, 4) is 0 Å². The molecule has 0 aromatic rings. The molecule has 0 spiro atoms. The molecular weight excluding hydrogens is 226 g/mol. The van der Waals surface area contributed by atoms with E-state index in [0.717, 1.165) is 0 Å². The molecule has 1 heterocycles. The minimum Gasteiger partial charge on any atom is -0.326 e. The zero-order chi connectivity index (χ0) is 12.3. The average molecular weight is 245 g/mol. The Balaban J connectivity index is 0.00000256. The molecule has 0 bridgehead atoms. The number of carbonyl (C=O) groups excluding carboxylic acids is 2. The highest BCUT2D eigenvalue weighted by Crippen LogP contribution is 2.18. The molecule has 1 atom stereocenters. The number of rotatable bonds is 5. The topological polar surface area (TPSA) is 101 Å². The molecule has 7 nitrogen and oxygen atoms in total. The van der Waals surface area contributed by atoms with E-state index in [2.05, 4.69) is 10.6 Å². The molecule has 1 saturated heterocycles. The summed E-state index contributed by atoms with van der Waals surface area (Å²) >= 11 is 0. The summed E-state index contributed by atoms with van der Waals surface area (Å²) in [4.78, 5) is 32.2. The highest BCUT2D eigenvalue weighted by atomic mass is 16.6. The van der Waals surface area contributed by atoms with Crippen molar-refractivity contribution in [1.29, 1.82) is 0 Å². The Morgan fingerprint density at radius 2 is 2.00 bits per heavy atom. The Hall–Kier alpha value is -1.66. The average Bonchev–Trinajstić information content (AvgIpc) is 2.44. The van der Waals surface area contributed by atoms with Gasteiger partial charge in [0.25, 0.3) is 5.91 Å². The van der Waals surface area contributed by atoms with E-state index < -0.39 is 17.6 Å². The van der Waals surface area contributed by atoms with Gasteiger partial charge in [0.15, 0.2) is 0 Å². The third-order valence-corrected chi connectivity index (χ3v) is 2.63. The van der Waals surface area contributed by atoms with Gasteiger partial charge in [-0.25, -0.2) is 4.79 Å². The molecule has 2 N–H and O–H groups in total. The van der Waals surface area contributed by atoms with Crippen LogP contribution in [0.15, 0.2) is 0 Å². The molecule has 0 aliphatic carbocycles. The van der Waals surface area contributed by atoms with Crippen LogP contribution in [0, 0.1) is 10.1 Å². The van der Waals surface area contributed by atoms with Gasteiger partial charge in [0.1, 0.15) is 6.04 Å². The van der Waals surface area contributed by atoms with Gasteiger partial charge in [-0.2, -0.15) is 0 Å². The molecular formula is C10H19N3O4. The summed E-state index contributed by atoms with van der Waals surface area (Å²) in [6.07, 6.45) is 1.32. The Bertz CT molecular complexity index is 328. The first-order valence-electron chi connectivity index (χ1n) is 5.09. The minimum absolute atomic E-state index is 0. The van der Waals surface area contributed by atoms with Crippen LogP contribution in [-0.2, 0) is 4.79 Å². The summed E-state index contributed by atoms with van der Waals surface area (Å²) in [5, 5.41) is 15.2. The smallest absolute Gasteiger partial charge is 0.322 e. The normalized spacial score (nSPS) is 19.3. The SMILES string of the molecule is C.CC(C)(CCCC1NC(=O)NC1=O)[N+](=O)[O-]. The second kappa shape index (κ2) is 5.60. The second-order valence-electron chi connectivity index (χ2n) is 4.48. The lowest BCUT2D eigenvalue weighted by atomic mass is 9.96. The molecule has 7 heteroatoms. The van der Waals surface area contributed by atoms with E-state index in [-0.39, 0.29) is 18.3 Å². The van der Waals surface area contributed by atoms with Crippen LogP contribution in [0.25, 0.3) is 0 Å². The van der Waals surface area contributed by atoms with E-state index in [1.54, 1.807) is 13.8 Å². The van der Waals surface area contributed by atoms with Crippen LogP contribution in [0.3, 0.4) is 0 Å². The summed E-state index contributed by atoms with van der Waals surface area (Å²) in [5.41, 5.74) is -0.987. The molecule has 98 valence electrons. The standard InChI is InChI=1S/C9H15N3O4.CH4/c1-9(2,12(15)16)5-3-4-6-7(13)11-8(14)10-6;/h6H,3-5H2,1-2H3,(H2,10,11,13,14);1H4. The van der Waals surface area contributed by atoms with Crippen molar-refractivity contribution in [2.75, 3.05) is 0 Å². The Kier molecular flexibility index (Phi) is 5.06. The van der Waals surface area contributed by atoms with Crippen molar-refractivity contribution in [3.63, 3.8) is 0 Å². The second-order valence-corrected chi connectivity index (χ2v) is 4.48. The van der Waals surface area contributed by atoms with Gasteiger partial charge in [0, 0.05) is 25.2 Å². The van der Waals surface area contributed by atoms with Crippen LogP contribution in [0.1, 0.15) is 40.5 Å². The summed E-state index contributed by atoms with van der Waals surface area (Å²) in [6.45, 7) is 3.08. The predicted octanol–water partition coefficient (Wildman–Crippen LogP) is 1.06. The van der Waals surface area contributed by atoms with E-state index in [1.165, 1.54) is 0 Å². The van der Waals surface area contributed by atoms with Gasteiger partial charge in [-0.15, -0.1) is 0 Å². The maximum Gasteiger partial charge on any atom is 0.322 e. The number of urea groups is 1. The van der Waals surface area contributed by atoms with Gasteiger partial charge in [-0.05, 0) is 12.8 Å². The molecule has 1 aliphatic heterocycles. The summed E-state index contributed by atoms with van der Waals surface area (Å²) in [7, 11) is 0. The van der Waals surface area contributed by atoms with Gasteiger partial charge in [-0.1, -0.05) is 7.43 Å². The summed E-state index contributed by atoms with van der Waals surface area (Å²) in [5.74, 6) is -0.357. The molecule has 0 aromatic heterocycles. The maximum absolute atomic E-state index is 11.1. The van der Waals surface area contributed by atoms with Crippen LogP contribution < -0.4 is 10.6 Å². The van der Waals surface area contributed by atoms with Crippen molar-refractivity contribution in [3.05, 3.63) is 10.1 Å². The zero-order valence-electron chi connectivity index (χ0n) is 9.28. The number of nitro groups is 1. The Morgan fingerprint density at radius 1 is 1.41 bits per heavy atom. The van der Waals surface area contributed by atoms with E-state index >= 15 is 0 Å². The monoisotopic (exact) mass is 245 g/mol. The lowest BCUT2D eigenvalue weighted by Crippen LogP contribution is -2.33. The number of nitrogens with one attached hydrogen (secondary N) is 2.